The molecule has 0 N–H and O–H groups in total. The number of allylic oxidation sites excluding steroid dienone is 3. The van der Waals surface area contributed by atoms with Crippen LogP contribution in [0.2, 0.25) is 0 Å². The highest BCUT2D eigenvalue weighted by Gasteiger charge is 2.25. The van der Waals surface area contributed by atoms with Gasteiger partial charge in [-0.05, 0) is 55.5 Å². The molecule has 0 atom stereocenters. The van der Waals surface area contributed by atoms with Gasteiger partial charge in [0.15, 0.2) is 0 Å². The van der Waals surface area contributed by atoms with E-state index in [4.69, 9.17) is 0 Å². The van der Waals surface area contributed by atoms with E-state index in [-0.39, 0.29) is 0 Å². The second-order valence-electron chi connectivity index (χ2n) is 7.57. The van der Waals surface area contributed by atoms with Crippen molar-refractivity contribution in [3.8, 4) is 12.8 Å². The molecule has 1 aliphatic heterocycles. The molecule has 1 nitrogen and oxygen atoms in total. The summed E-state index contributed by atoms with van der Waals surface area (Å²) in [4.78, 5) is 4.11. The molecule has 1 aliphatic carbocycles. The summed E-state index contributed by atoms with van der Waals surface area (Å²) in [6.45, 7) is 10.3. The number of hydrogen-bond donors (Lipinski definition) is 0. The van der Waals surface area contributed by atoms with Crippen molar-refractivity contribution in [3.05, 3.63) is 77.9 Å². The number of para-hydroxylation sites is 1. The first-order valence-corrected chi connectivity index (χ1v) is 13.6. The van der Waals surface area contributed by atoms with Crippen LogP contribution in [-0.4, -0.2) is 11.8 Å². The Morgan fingerprint density at radius 3 is 2.12 bits per heavy atom. The molecule has 1 fully saturated rings. The molecule has 4 rings (SSSR count). The standard InChI is InChI=1S/C25H29NS.2C2H6.C2H2/c1-20-24(18-17-21-12-6-2-3-11-19-27-25(20)21)26(22-13-7-4-8-14-22)23-15-9-5-10-16-23;3*1-2/h2-4,6-8,11,13-14,17-18,23H,5,9-10,12,15-16,19H2,1H3;2*1-2H3;1-2H/b6-2-,11-3-;;;. The summed E-state index contributed by atoms with van der Waals surface area (Å²) in [7, 11) is 0. The number of thioether (sulfide) groups is 1. The van der Waals surface area contributed by atoms with Crippen molar-refractivity contribution in [2.24, 2.45) is 0 Å². The van der Waals surface area contributed by atoms with Crippen LogP contribution in [0.3, 0.4) is 0 Å². The van der Waals surface area contributed by atoms with E-state index in [2.05, 4.69) is 91.4 Å². The monoisotopic (exact) mass is 461 g/mol. The van der Waals surface area contributed by atoms with E-state index >= 15 is 0 Å². The van der Waals surface area contributed by atoms with Gasteiger partial charge in [0.2, 0.25) is 0 Å². The highest BCUT2D eigenvalue weighted by molar-refractivity contribution is 7.99. The van der Waals surface area contributed by atoms with Crippen LogP contribution in [0, 0.1) is 19.8 Å². The Hall–Kier alpha value is -2.37. The molecule has 178 valence electrons. The van der Waals surface area contributed by atoms with Gasteiger partial charge < -0.3 is 4.90 Å². The Labute approximate surface area is 208 Å². The van der Waals surface area contributed by atoms with Crippen LogP contribution in [0.5, 0.6) is 0 Å². The number of terminal acetylenes is 1. The maximum absolute atomic E-state index is 4.00. The van der Waals surface area contributed by atoms with Gasteiger partial charge in [-0.3, -0.25) is 0 Å². The van der Waals surface area contributed by atoms with E-state index in [9.17, 15) is 0 Å². The van der Waals surface area contributed by atoms with E-state index in [1.807, 2.05) is 39.5 Å². The van der Waals surface area contributed by atoms with Gasteiger partial charge in [-0.15, -0.1) is 24.6 Å². The van der Waals surface area contributed by atoms with E-state index in [0.717, 1.165) is 12.2 Å². The van der Waals surface area contributed by atoms with Crippen molar-refractivity contribution in [3.63, 3.8) is 0 Å². The van der Waals surface area contributed by atoms with E-state index in [1.165, 1.54) is 59.5 Å². The van der Waals surface area contributed by atoms with Crippen molar-refractivity contribution < 1.29 is 0 Å². The Bertz CT molecular complexity index is 857. The Kier molecular flexibility index (Phi) is 14.9. The molecule has 33 heavy (non-hydrogen) atoms. The third-order valence-electron chi connectivity index (χ3n) is 5.74. The molecule has 0 saturated heterocycles. The van der Waals surface area contributed by atoms with Gasteiger partial charge in [0.25, 0.3) is 0 Å². The molecule has 2 aromatic rings. The summed E-state index contributed by atoms with van der Waals surface area (Å²) in [6.07, 6.45) is 24.6. The Morgan fingerprint density at radius 1 is 0.818 bits per heavy atom. The molecule has 2 aromatic carbocycles. The minimum Gasteiger partial charge on any atom is -0.338 e. The molecule has 2 aliphatic rings. The fraction of sp³-hybridized carbons (Fsp3) is 0.419. The maximum Gasteiger partial charge on any atom is 0.0454 e. The van der Waals surface area contributed by atoms with Gasteiger partial charge in [-0.2, -0.15) is 0 Å². The second kappa shape index (κ2) is 17.2. The van der Waals surface area contributed by atoms with Crippen LogP contribution in [-0.2, 0) is 6.42 Å². The number of anilines is 2. The van der Waals surface area contributed by atoms with Crippen LogP contribution in [0.4, 0.5) is 11.4 Å². The number of rotatable bonds is 3. The summed E-state index contributed by atoms with van der Waals surface area (Å²) in [5.74, 6) is 1.04. The molecule has 0 amide bonds. The zero-order valence-electron chi connectivity index (χ0n) is 21.4. The molecule has 1 heterocycles. The van der Waals surface area contributed by atoms with Crippen LogP contribution >= 0.6 is 11.8 Å². The smallest absolute Gasteiger partial charge is 0.0454 e. The molecule has 1 saturated carbocycles. The topological polar surface area (TPSA) is 3.24 Å². The molecule has 0 unspecified atom stereocenters. The molecule has 0 radical (unpaired) electrons. The first kappa shape index (κ1) is 28.7. The molecular formula is C31H43NS. The van der Waals surface area contributed by atoms with Gasteiger partial charge in [0.05, 0.1) is 0 Å². The molecule has 0 bridgehead atoms. The summed E-state index contributed by atoms with van der Waals surface area (Å²) in [5.41, 5.74) is 5.63. The maximum atomic E-state index is 4.00. The normalized spacial score (nSPS) is 16.8. The zero-order valence-corrected chi connectivity index (χ0v) is 22.2. The number of benzene rings is 2. The van der Waals surface area contributed by atoms with Crippen LogP contribution in [0.25, 0.3) is 0 Å². The third-order valence-corrected chi connectivity index (χ3v) is 6.95. The average Bonchev–Trinajstić information content (AvgIpc) is 3.03. The lowest BCUT2D eigenvalue weighted by atomic mass is 9.92. The van der Waals surface area contributed by atoms with Gasteiger partial charge in [-0.1, -0.05) is 95.5 Å². The predicted molar refractivity (Wildman–Crippen MR) is 152 cm³/mol. The van der Waals surface area contributed by atoms with Crippen LogP contribution in [0.1, 0.15) is 70.9 Å². The zero-order chi connectivity index (χ0) is 24.5. The molecule has 2 heteroatoms. The molecule has 0 spiro atoms. The first-order chi connectivity index (χ1) is 16.3. The lowest BCUT2D eigenvalue weighted by Gasteiger charge is -2.37. The fourth-order valence-electron chi connectivity index (χ4n) is 4.37. The lowest BCUT2D eigenvalue weighted by molar-refractivity contribution is 0.435. The Morgan fingerprint density at radius 2 is 1.45 bits per heavy atom. The minimum atomic E-state index is 0.610. The summed E-state index contributed by atoms with van der Waals surface area (Å²) >= 11 is 1.98. The highest BCUT2D eigenvalue weighted by Crippen LogP contribution is 2.40. The highest BCUT2D eigenvalue weighted by atomic mass is 32.2. The van der Waals surface area contributed by atoms with Gasteiger partial charge in [0.1, 0.15) is 0 Å². The van der Waals surface area contributed by atoms with E-state index in [1.54, 1.807) is 0 Å². The largest absolute Gasteiger partial charge is 0.338 e. The number of fused-ring (bicyclic) bond motifs is 1. The second-order valence-corrected chi connectivity index (χ2v) is 8.60. The van der Waals surface area contributed by atoms with Crippen molar-refractivity contribution in [1.82, 2.24) is 0 Å². The molecular weight excluding hydrogens is 418 g/mol. The number of nitrogens with zero attached hydrogens (tertiary/aromatic N) is 1. The van der Waals surface area contributed by atoms with Gasteiger partial charge in [-0.25, -0.2) is 0 Å². The summed E-state index contributed by atoms with van der Waals surface area (Å²) in [5, 5.41) is 0. The van der Waals surface area contributed by atoms with Gasteiger partial charge >= 0.3 is 0 Å². The first-order valence-electron chi connectivity index (χ1n) is 12.6. The third kappa shape index (κ3) is 8.17. The van der Waals surface area contributed by atoms with E-state index < -0.39 is 0 Å². The fourth-order valence-corrected chi connectivity index (χ4v) is 5.41. The van der Waals surface area contributed by atoms with Crippen molar-refractivity contribution in [2.45, 2.75) is 84.1 Å². The average molecular weight is 462 g/mol. The lowest BCUT2D eigenvalue weighted by Crippen LogP contribution is -2.33. The quantitative estimate of drug-likeness (QED) is 0.419. The summed E-state index contributed by atoms with van der Waals surface area (Å²) in [6, 6.07) is 16.3. The van der Waals surface area contributed by atoms with Crippen molar-refractivity contribution in [2.75, 3.05) is 10.7 Å². The van der Waals surface area contributed by atoms with Gasteiger partial charge in [0, 0.05) is 28.1 Å². The predicted octanol–water partition coefficient (Wildman–Crippen LogP) is 9.53. The number of hydrogen-bond acceptors (Lipinski definition) is 2. The van der Waals surface area contributed by atoms with Crippen LogP contribution in [0.15, 0.2) is 71.7 Å². The summed E-state index contributed by atoms with van der Waals surface area (Å²) < 4.78 is 0. The van der Waals surface area contributed by atoms with E-state index in [0.29, 0.717) is 6.04 Å². The molecule has 0 aromatic heterocycles. The Balaban J connectivity index is 0.000000841. The van der Waals surface area contributed by atoms with Crippen LogP contribution < -0.4 is 4.90 Å². The minimum absolute atomic E-state index is 0.610. The SMILES string of the molecule is C#C.CC.CC.Cc1c(N(c2ccccc2)C2CCCCC2)ccc2c1SC/C=C\C=C/C2. The van der Waals surface area contributed by atoms with Crippen molar-refractivity contribution in [1.29, 1.82) is 0 Å². The van der Waals surface area contributed by atoms with Crippen molar-refractivity contribution >= 4 is 23.1 Å².